The van der Waals surface area contributed by atoms with Gasteiger partial charge in [-0.05, 0) is 19.1 Å². The fourth-order valence-corrected chi connectivity index (χ4v) is 2.76. The van der Waals surface area contributed by atoms with Crippen LogP contribution in [0, 0.1) is 6.92 Å². The van der Waals surface area contributed by atoms with Gasteiger partial charge in [-0.1, -0.05) is 6.92 Å². The van der Waals surface area contributed by atoms with Crippen molar-refractivity contribution in [2.45, 2.75) is 20.3 Å². The van der Waals surface area contributed by atoms with Crippen LogP contribution in [0.4, 0.5) is 16.2 Å². The molecule has 0 aliphatic carbocycles. The van der Waals surface area contributed by atoms with Gasteiger partial charge in [0.1, 0.15) is 24.7 Å². The molecule has 0 fully saturated rings. The van der Waals surface area contributed by atoms with E-state index in [1.807, 2.05) is 6.92 Å². The molecule has 0 radical (unpaired) electrons. The number of H-pyrrole nitrogens is 1. The van der Waals surface area contributed by atoms with Crippen LogP contribution in [0.25, 0.3) is 5.78 Å². The first-order valence-corrected chi connectivity index (χ1v) is 8.51. The van der Waals surface area contributed by atoms with Gasteiger partial charge in [-0.2, -0.15) is 9.50 Å². The minimum atomic E-state index is -0.566. The maximum Gasteiger partial charge on any atom is 0.323 e. The number of urea groups is 1. The lowest BCUT2D eigenvalue weighted by Crippen LogP contribution is -2.28. The van der Waals surface area contributed by atoms with Crippen molar-refractivity contribution >= 4 is 23.2 Å². The Balaban J connectivity index is 1.57. The summed E-state index contributed by atoms with van der Waals surface area (Å²) in [6.45, 7) is 4.50. The van der Waals surface area contributed by atoms with Crippen molar-refractivity contribution in [1.82, 2.24) is 19.6 Å². The smallest absolute Gasteiger partial charge is 0.323 e. The molecular weight excluding hydrogens is 352 g/mol. The van der Waals surface area contributed by atoms with E-state index < -0.39 is 11.6 Å². The summed E-state index contributed by atoms with van der Waals surface area (Å²) in [4.78, 5) is 33.5. The zero-order valence-corrected chi connectivity index (χ0v) is 14.8. The monoisotopic (exact) mass is 370 g/mol. The zero-order chi connectivity index (χ0) is 19.0. The quantitative estimate of drug-likeness (QED) is 0.645. The summed E-state index contributed by atoms with van der Waals surface area (Å²) in [6, 6.07) is 4.51. The molecule has 0 atom stereocenters. The first-order valence-electron chi connectivity index (χ1n) is 8.51. The predicted octanol–water partition coefficient (Wildman–Crippen LogP) is 1.70. The molecule has 0 unspecified atom stereocenters. The van der Waals surface area contributed by atoms with Crippen LogP contribution in [0.15, 0.2) is 23.0 Å². The molecular formula is C17H18N6O4. The largest absolute Gasteiger partial charge is 0.486 e. The molecule has 10 heteroatoms. The van der Waals surface area contributed by atoms with E-state index in [0.29, 0.717) is 48.3 Å². The molecule has 10 nitrogen and oxygen atoms in total. The van der Waals surface area contributed by atoms with Gasteiger partial charge in [0.25, 0.3) is 11.3 Å². The number of hydrogen-bond acceptors (Lipinski definition) is 6. The predicted molar refractivity (Wildman–Crippen MR) is 97.8 cm³/mol. The molecule has 2 amide bonds. The van der Waals surface area contributed by atoms with Gasteiger partial charge in [0, 0.05) is 18.2 Å². The SMILES string of the molecule is CCc1nc2nc(C)c(NC(=O)Nc3ccc4c(c3)OCCO4)c(=O)n2[nH]1. The van der Waals surface area contributed by atoms with Crippen LogP contribution >= 0.6 is 0 Å². The minimum absolute atomic E-state index is 0.0776. The number of amides is 2. The van der Waals surface area contributed by atoms with Gasteiger partial charge in [0.05, 0.1) is 5.69 Å². The van der Waals surface area contributed by atoms with Crippen LogP contribution in [0.5, 0.6) is 11.5 Å². The van der Waals surface area contributed by atoms with E-state index in [1.165, 1.54) is 4.52 Å². The normalized spacial score (nSPS) is 12.8. The molecule has 4 rings (SSSR count). The molecule has 1 aromatic carbocycles. The number of rotatable bonds is 3. The summed E-state index contributed by atoms with van der Waals surface area (Å²) in [6.07, 6.45) is 0.634. The number of aryl methyl sites for hydroxylation is 2. The number of aromatic nitrogens is 4. The molecule has 3 aromatic rings. The van der Waals surface area contributed by atoms with Crippen molar-refractivity contribution in [1.29, 1.82) is 0 Å². The number of nitrogens with zero attached hydrogens (tertiary/aromatic N) is 3. The van der Waals surface area contributed by atoms with Gasteiger partial charge in [0.15, 0.2) is 11.5 Å². The Hall–Kier alpha value is -3.56. The highest BCUT2D eigenvalue weighted by Gasteiger charge is 2.16. The Labute approximate surface area is 153 Å². The highest BCUT2D eigenvalue weighted by Crippen LogP contribution is 2.32. The summed E-state index contributed by atoms with van der Waals surface area (Å²) >= 11 is 0. The first kappa shape index (κ1) is 16.9. The van der Waals surface area contributed by atoms with E-state index >= 15 is 0 Å². The maximum absolute atomic E-state index is 12.6. The Bertz CT molecular complexity index is 1090. The first-order chi connectivity index (χ1) is 13.0. The second kappa shape index (κ2) is 6.63. The van der Waals surface area contributed by atoms with Crippen molar-refractivity contribution in [2.24, 2.45) is 0 Å². The Morgan fingerprint density at radius 3 is 2.78 bits per heavy atom. The summed E-state index contributed by atoms with van der Waals surface area (Å²) in [5.41, 5.74) is 0.542. The summed E-state index contributed by atoms with van der Waals surface area (Å²) in [5.74, 6) is 2.09. The Morgan fingerprint density at radius 1 is 1.22 bits per heavy atom. The molecule has 0 bridgehead atoms. The third-order valence-corrected chi connectivity index (χ3v) is 4.10. The molecule has 0 saturated carbocycles. The number of anilines is 2. The van der Waals surface area contributed by atoms with E-state index in [-0.39, 0.29) is 11.5 Å². The molecule has 3 heterocycles. The molecule has 0 saturated heterocycles. The van der Waals surface area contributed by atoms with E-state index in [0.717, 1.165) is 0 Å². The molecule has 1 aliphatic rings. The second-order valence-electron chi connectivity index (χ2n) is 5.97. The number of hydrogen-bond donors (Lipinski definition) is 3. The van der Waals surface area contributed by atoms with Crippen LogP contribution in [-0.2, 0) is 6.42 Å². The molecule has 1 aliphatic heterocycles. The summed E-state index contributed by atoms with van der Waals surface area (Å²) in [7, 11) is 0. The lowest BCUT2D eigenvalue weighted by Gasteiger charge is -2.19. The lowest BCUT2D eigenvalue weighted by molar-refractivity contribution is 0.171. The average Bonchev–Trinajstić information content (AvgIpc) is 3.08. The maximum atomic E-state index is 12.6. The van der Waals surface area contributed by atoms with E-state index in [9.17, 15) is 9.59 Å². The highest BCUT2D eigenvalue weighted by molar-refractivity contribution is 6.00. The van der Waals surface area contributed by atoms with Crippen molar-refractivity contribution < 1.29 is 14.3 Å². The topological polar surface area (TPSA) is 123 Å². The van der Waals surface area contributed by atoms with Crippen LogP contribution in [0.2, 0.25) is 0 Å². The standard InChI is InChI=1S/C17H18N6O4/c1-3-13-20-16-18-9(2)14(15(24)23(16)22-13)21-17(25)19-10-4-5-11-12(8-10)27-7-6-26-11/h4-5,8H,3,6-7H2,1-2H3,(H,18,20,22)(H2,19,21,25). The van der Waals surface area contributed by atoms with Crippen molar-refractivity contribution in [3.05, 3.63) is 40.1 Å². The lowest BCUT2D eigenvalue weighted by atomic mass is 10.2. The molecule has 3 N–H and O–H groups in total. The fraction of sp³-hybridized carbons (Fsp3) is 0.294. The van der Waals surface area contributed by atoms with Gasteiger partial charge >= 0.3 is 6.03 Å². The number of fused-ring (bicyclic) bond motifs is 2. The molecule has 2 aromatic heterocycles. The average molecular weight is 370 g/mol. The van der Waals surface area contributed by atoms with Crippen LogP contribution in [-0.4, -0.2) is 38.8 Å². The third-order valence-electron chi connectivity index (χ3n) is 4.10. The zero-order valence-electron chi connectivity index (χ0n) is 14.8. The van der Waals surface area contributed by atoms with Gasteiger partial charge in [0.2, 0.25) is 0 Å². The number of aromatic amines is 1. The van der Waals surface area contributed by atoms with Crippen LogP contribution < -0.4 is 25.7 Å². The summed E-state index contributed by atoms with van der Waals surface area (Å²) in [5, 5.41) is 8.10. The van der Waals surface area contributed by atoms with E-state index in [2.05, 4.69) is 25.7 Å². The highest BCUT2D eigenvalue weighted by atomic mass is 16.6. The minimum Gasteiger partial charge on any atom is -0.486 e. The summed E-state index contributed by atoms with van der Waals surface area (Å²) < 4.78 is 12.2. The van der Waals surface area contributed by atoms with Crippen molar-refractivity contribution in [2.75, 3.05) is 23.8 Å². The van der Waals surface area contributed by atoms with Crippen LogP contribution in [0.3, 0.4) is 0 Å². The molecule has 0 spiro atoms. The fourth-order valence-electron chi connectivity index (χ4n) is 2.76. The number of carbonyl (C=O) groups excluding carboxylic acids is 1. The van der Waals surface area contributed by atoms with Gasteiger partial charge in [-0.3, -0.25) is 9.89 Å². The van der Waals surface area contributed by atoms with Gasteiger partial charge in [-0.15, -0.1) is 0 Å². The number of carbonyl (C=O) groups is 1. The van der Waals surface area contributed by atoms with E-state index in [1.54, 1.807) is 25.1 Å². The number of nitrogens with one attached hydrogen (secondary N) is 3. The Kier molecular flexibility index (Phi) is 4.15. The van der Waals surface area contributed by atoms with Gasteiger partial charge in [-0.25, -0.2) is 9.78 Å². The molecule has 140 valence electrons. The number of benzene rings is 1. The van der Waals surface area contributed by atoms with Gasteiger partial charge < -0.3 is 20.1 Å². The molecule has 27 heavy (non-hydrogen) atoms. The van der Waals surface area contributed by atoms with Crippen molar-refractivity contribution in [3.63, 3.8) is 0 Å². The van der Waals surface area contributed by atoms with Crippen molar-refractivity contribution in [3.8, 4) is 11.5 Å². The third kappa shape index (κ3) is 3.16. The second-order valence-corrected chi connectivity index (χ2v) is 5.97. The van der Waals surface area contributed by atoms with Crippen LogP contribution in [0.1, 0.15) is 18.4 Å². The number of ether oxygens (including phenoxy) is 2. The Morgan fingerprint density at radius 2 is 2.00 bits per heavy atom. The van der Waals surface area contributed by atoms with E-state index in [4.69, 9.17) is 9.47 Å².